The third-order valence-corrected chi connectivity index (χ3v) is 15.4. The van der Waals surface area contributed by atoms with Crippen LogP contribution < -0.4 is 9.80 Å². The molecule has 22 nitrogen and oxygen atoms in total. The Hall–Kier alpha value is -1.49. The van der Waals surface area contributed by atoms with Crippen LogP contribution in [0.15, 0.2) is 6.07 Å². The number of amides is 6. The summed E-state index contributed by atoms with van der Waals surface area (Å²) in [7, 11) is 5.31. The molecule has 0 aliphatic rings. The molecule has 2 aromatic carbocycles. The zero-order chi connectivity index (χ0) is 51.6. The molecule has 0 aliphatic heterocycles. The summed E-state index contributed by atoms with van der Waals surface area (Å²) in [6.45, 7) is -4.72. The van der Waals surface area contributed by atoms with Gasteiger partial charge in [0.25, 0.3) is 23.6 Å². The molecule has 0 saturated carbocycles. The van der Waals surface area contributed by atoms with Gasteiger partial charge in [-0.2, -0.15) is 0 Å². The van der Waals surface area contributed by atoms with Crippen LogP contribution in [0.3, 0.4) is 0 Å². The minimum absolute atomic E-state index is 0.0600. The number of anilines is 2. The first-order chi connectivity index (χ1) is 31.1. The lowest BCUT2D eigenvalue weighted by molar-refractivity contribution is -0.118. The molecule has 2 rings (SSSR count). The first kappa shape index (κ1) is 61.6. The number of aliphatic hydroxyl groups excluding tert-OH is 9. The van der Waals surface area contributed by atoms with Gasteiger partial charge in [0.1, 0.15) is 5.60 Å². The molecule has 0 aliphatic carbocycles. The number of carbonyl (C=O) groups excluding carboxylic acids is 6. The molecule has 5 atom stereocenters. The molecular formula is C40H55I5N6O16. The highest BCUT2D eigenvalue weighted by Crippen LogP contribution is 2.40. The van der Waals surface area contributed by atoms with Crippen molar-refractivity contribution in [3.05, 3.63) is 46.2 Å². The Labute approximate surface area is 454 Å². The molecule has 2 aromatic rings. The second-order valence-electron chi connectivity index (χ2n) is 15.7. The van der Waals surface area contributed by atoms with Gasteiger partial charge in [-0.25, -0.2) is 0 Å². The summed E-state index contributed by atoms with van der Waals surface area (Å²) in [6.07, 6.45) is -5.39. The lowest BCUT2D eigenvalue weighted by Crippen LogP contribution is -2.56. The largest absolute Gasteiger partial charge is 0.394 e. The van der Waals surface area contributed by atoms with Crippen LogP contribution >= 0.6 is 113 Å². The van der Waals surface area contributed by atoms with Crippen molar-refractivity contribution in [1.29, 1.82) is 0 Å². The van der Waals surface area contributed by atoms with Crippen molar-refractivity contribution in [2.24, 2.45) is 0 Å². The predicted molar refractivity (Wildman–Crippen MR) is 285 cm³/mol. The van der Waals surface area contributed by atoms with E-state index in [1.807, 2.05) is 0 Å². The van der Waals surface area contributed by atoms with Crippen molar-refractivity contribution in [1.82, 2.24) is 19.6 Å². The van der Waals surface area contributed by atoms with Gasteiger partial charge in [-0.3, -0.25) is 28.8 Å². The van der Waals surface area contributed by atoms with E-state index in [-0.39, 0.29) is 77.7 Å². The van der Waals surface area contributed by atoms with Crippen LogP contribution in [0, 0.1) is 17.9 Å². The molecule has 6 amide bonds. The molecule has 67 heavy (non-hydrogen) atoms. The lowest BCUT2D eigenvalue weighted by atomic mass is 10.00. The van der Waals surface area contributed by atoms with Gasteiger partial charge >= 0.3 is 0 Å². The number of hydrogen-bond acceptors (Lipinski definition) is 16. The Morgan fingerprint density at radius 3 is 1.13 bits per heavy atom. The fourth-order valence-corrected chi connectivity index (χ4v) is 13.5. The van der Waals surface area contributed by atoms with Crippen LogP contribution in [0.25, 0.3) is 0 Å². The van der Waals surface area contributed by atoms with E-state index in [0.717, 1.165) is 43.2 Å². The van der Waals surface area contributed by atoms with Crippen LogP contribution in [-0.4, -0.2) is 237 Å². The standard InChI is InChI=1S/C40H55I5N6O16/c1-19(57)50(26-7-25(36(63)46(3)8-21(59)12-52)30(41)27(31(26)42)37(64)47(4)9-22(60)13-53)16-40(67,18-56)17-51(20(2)58)35-33(44)28(38(65)48(5)10-23(61)14-54)32(43)29(34(35)45)39(66)49(6)11-24(62)15-55/h7,21-24,52-56,59-62,67H,8-18H2,1-6H3. The summed E-state index contributed by atoms with van der Waals surface area (Å²) in [5, 5.41) is 102. The lowest BCUT2D eigenvalue weighted by Gasteiger charge is -2.38. The summed E-state index contributed by atoms with van der Waals surface area (Å²) in [5.74, 6) is -4.61. The number of likely N-dealkylation sites (N-methyl/N-ethyl adjacent to an activating group) is 4. The third kappa shape index (κ3) is 15.5. The van der Waals surface area contributed by atoms with Gasteiger partial charge in [-0.1, -0.05) is 0 Å². The maximum Gasteiger partial charge on any atom is 0.255 e. The SMILES string of the molecule is CC(=O)N(CC(O)(CO)CN(C(C)=O)c1c(I)c(C(=O)N(C)CC(O)CO)c(I)c(C(=O)N(C)CC(O)CO)c1I)c1cc(C(=O)N(C)CC(O)CO)c(I)c(C(=O)N(C)CC(O)CO)c1I. The van der Waals surface area contributed by atoms with Gasteiger partial charge < -0.3 is 80.5 Å². The predicted octanol–water partition coefficient (Wildman–Crippen LogP) is -1.46. The van der Waals surface area contributed by atoms with E-state index in [0.29, 0.717) is 0 Å². The van der Waals surface area contributed by atoms with Crippen molar-refractivity contribution in [3.8, 4) is 0 Å². The second-order valence-corrected chi connectivity index (χ2v) is 21.1. The van der Waals surface area contributed by atoms with E-state index >= 15 is 0 Å². The molecule has 27 heteroatoms. The molecule has 0 radical (unpaired) electrons. The Morgan fingerprint density at radius 2 is 0.821 bits per heavy atom. The Kier molecular flexibility index (Phi) is 25.2. The minimum Gasteiger partial charge on any atom is -0.394 e. The first-order valence-corrected chi connectivity index (χ1v) is 25.3. The summed E-state index contributed by atoms with van der Waals surface area (Å²) in [6, 6.07) is 1.25. The quantitative estimate of drug-likeness (QED) is 0.0569. The zero-order valence-corrected chi connectivity index (χ0v) is 47.9. The highest BCUT2D eigenvalue weighted by atomic mass is 127. The molecular weight excluding hydrogens is 1450 g/mol. The van der Waals surface area contributed by atoms with Gasteiger partial charge in [-0.15, -0.1) is 0 Å². The number of aliphatic hydroxyl groups is 10. The molecule has 5 unspecified atom stereocenters. The number of hydrogen-bond donors (Lipinski definition) is 10. The molecule has 376 valence electrons. The summed E-state index contributed by atoms with van der Waals surface area (Å²) < 4.78 is 0.359. The molecule has 0 spiro atoms. The fourth-order valence-electron chi connectivity index (χ4n) is 6.48. The van der Waals surface area contributed by atoms with Crippen LogP contribution in [0.5, 0.6) is 0 Å². The van der Waals surface area contributed by atoms with Gasteiger partial charge in [0.2, 0.25) is 11.8 Å². The summed E-state index contributed by atoms with van der Waals surface area (Å²) >= 11 is 8.84. The second kappa shape index (κ2) is 27.4. The van der Waals surface area contributed by atoms with Crippen LogP contribution in [0.1, 0.15) is 55.3 Å². The van der Waals surface area contributed by atoms with E-state index < -0.39 is 112 Å². The monoisotopic (exact) mass is 1510 g/mol. The molecule has 0 heterocycles. The number of benzene rings is 2. The fraction of sp³-hybridized carbons (Fsp3) is 0.550. The maximum atomic E-state index is 14.2. The van der Waals surface area contributed by atoms with Gasteiger partial charge in [0, 0.05) is 75.4 Å². The zero-order valence-electron chi connectivity index (χ0n) is 37.2. The number of carbonyl (C=O) groups is 6. The number of halogens is 5. The van der Waals surface area contributed by atoms with E-state index in [9.17, 15) is 79.8 Å². The number of rotatable bonds is 23. The highest BCUT2D eigenvalue weighted by Gasteiger charge is 2.40. The number of nitrogens with zero attached hydrogens (tertiary/aromatic N) is 6. The molecule has 10 N–H and O–H groups in total. The van der Waals surface area contributed by atoms with Crippen molar-refractivity contribution in [2.45, 2.75) is 43.9 Å². The van der Waals surface area contributed by atoms with Gasteiger partial charge in [-0.05, 0) is 119 Å². The minimum atomic E-state index is -2.48. The normalized spacial score (nSPS) is 14.0. The van der Waals surface area contributed by atoms with Crippen molar-refractivity contribution >= 4 is 160 Å². The Balaban J connectivity index is 3.03. The molecule has 0 fully saturated rings. The molecule has 0 saturated heterocycles. The first-order valence-electron chi connectivity index (χ1n) is 19.9. The van der Waals surface area contributed by atoms with Crippen molar-refractivity contribution in [3.63, 3.8) is 0 Å². The van der Waals surface area contributed by atoms with E-state index in [1.54, 1.807) is 113 Å². The third-order valence-electron chi connectivity index (χ3n) is 10.0. The summed E-state index contributed by atoms with van der Waals surface area (Å²) in [5.41, 5.74) is -3.28. The smallest absolute Gasteiger partial charge is 0.255 e. The molecule has 0 aromatic heterocycles. The average Bonchev–Trinajstić information content (AvgIpc) is 3.27. The van der Waals surface area contributed by atoms with Crippen LogP contribution in [-0.2, 0) is 9.59 Å². The van der Waals surface area contributed by atoms with Crippen LogP contribution in [0.4, 0.5) is 11.4 Å². The van der Waals surface area contributed by atoms with Crippen LogP contribution in [0.2, 0.25) is 0 Å². The topological polar surface area (TPSA) is 324 Å². The Bertz CT molecular complexity index is 2100. The summed E-state index contributed by atoms with van der Waals surface area (Å²) in [4.78, 5) is 90.4. The van der Waals surface area contributed by atoms with Gasteiger partial charge in [0.05, 0.1) is 115 Å². The van der Waals surface area contributed by atoms with E-state index in [2.05, 4.69) is 0 Å². The van der Waals surface area contributed by atoms with Crippen molar-refractivity contribution < 1.29 is 79.8 Å². The Morgan fingerprint density at radius 1 is 0.507 bits per heavy atom. The maximum absolute atomic E-state index is 14.2. The average molecular weight is 1510 g/mol. The van der Waals surface area contributed by atoms with E-state index in [1.165, 1.54) is 34.3 Å². The van der Waals surface area contributed by atoms with Crippen molar-refractivity contribution in [2.75, 3.05) is 110 Å². The highest BCUT2D eigenvalue weighted by molar-refractivity contribution is 14.1. The van der Waals surface area contributed by atoms with E-state index in [4.69, 9.17) is 0 Å². The molecule has 0 bridgehead atoms. The van der Waals surface area contributed by atoms with Gasteiger partial charge in [0.15, 0.2) is 0 Å².